The van der Waals surface area contributed by atoms with Gasteiger partial charge >= 0.3 is 0 Å². The highest BCUT2D eigenvalue weighted by atomic mass is 16.3. The van der Waals surface area contributed by atoms with Gasteiger partial charge in [-0.05, 0) is 49.8 Å². The molecule has 2 rings (SSSR count). The molecule has 0 aliphatic heterocycles. The van der Waals surface area contributed by atoms with E-state index in [0.717, 1.165) is 42.4 Å². The second kappa shape index (κ2) is 4.52. The molecule has 0 bridgehead atoms. The fraction of sp³-hybridized carbons (Fsp3) is 0.357. The lowest BCUT2D eigenvalue weighted by atomic mass is 9.88. The Labute approximate surface area is 95.7 Å². The van der Waals surface area contributed by atoms with Crippen LogP contribution in [0.15, 0.2) is 46.8 Å². The fourth-order valence-electron chi connectivity index (χ4n) is 2.11. The molecule has 0 saturated carbocycles. The minimum Gasteiger partial charge on any atom is -0.508 e. The first-order valence-electron chi connectivity index (χ1n) is 5.69. The summed E-state index contributed by atoms with van der Waals surface area (Å²) in [5, 5.41) is 9.76. The molecule has 0 atom stereocenters. The molecule has 0 radical (unpaired) electrons. The van der Waals surface area contributed by atoms with Crippen LogP contribution < -0.4 is 0 Å². The van der Waals surface area contributed by atoms with Gasteiger partial charge in [0.2, 0.25) is 0 Å². The lowest BCUT2D eigenvalue weighted by molar-refractivity contribution is -0.113. The number of Topliss-reactive ketones (excluding diaryl/α,β-unsaturated/α-hetero) is 1. The van der Waals surface area contributed by atoms with E-state index in [1.54, 1.807) is 6.92 Å². The minimum absolute atomic E-state index is 0.146. The zero-order valence-corrected chi connectivity index (χ0v) is 9.49. The van der Waals surface area contributed by atoms with Crippen molar-refractivity contribution in [3.05, 3.63) is 46.8 Å². The van der Waals surface area contributed by atoms with Crippen LogP contribution >= 0.6 is 0 Å². The van der Waals surface area contributed by atoms with Crippen molar-refractivity contribution in [1.29, 1.82) is 0 Å². The Bertz CT molecular complexity index is 434. The minimum atomic E-state index is 0.146. The largest absolute Gasteiger partial charge is 0.508 e. The Kier molecular flexibility index (Phi) is 3.09. The molecule has 0 spiro atoms. The second-order valence-corrected chi connectivity index (χ2v) is 4.22. The molecule has 0 unspecified atom stereocenters. The normalized spacial score (nSPS) is 20.6. The number of aliphatic hydroxyl groups excluding tert-OH is 1. The molecule has 2 nitrogen and oxygen atoms in total. The highest BCUT2D eigenvalue weighted by molar-refractivity contribution is 5.93. The van der Waals surface area contributed by atoms with E-state index in [1.165, 1.54) is 0 Å². The number of hydrogen-bond acceptors (Lipinski definition) is 2. The first kappa shape index (κ1) is 10.9. The van der Waals surface area contributed by atoms with Crippen LogP contribution in [0.2, 0.25) is 0 Å². The first-order chi connectivity index (χ1) is 7.68. The molecular formula is C14H16O2. The summed E-state index contributed by atoms with van der Waals surface area (Å²) < 4.78 is 0. The van der Waals surface area contributed by atoms with E-state index in [2.05, 4.69) is 6.08 Å². The van der Waals surface area contributed by atoms with Gasteiger partial charge < -0.3 is 5.11 Å². The van der Waals surface area contributed by atoms with Crippen LogP contribution in [0.5, 0.6) is 0 Å². The highest BCUT2D eigenvalue weighted by Crippen LogP contribution is 2.30. The molecule has 2 aliphatic carbocycles. The average Bonchev–Trinajstić information content (AvgIpc) is 2.30. The first-order valence-corrected chi connectivity index (χ1v) is 5.69. The van der Waals surface area contributed by atoms with Crippen molar-refractivity contribution in [3.63, 3.8) is 0 Å². The van der Waals surface area contributed by atoms with Crippen LogP contribution in [0, 0.1) is 0 Å². The lowest BCUT2D eigenvalue weighted by Crippen LogP contribution is -2.05. The Morgan fingerprint density at radius 3 is 2.50 bits per heavy atom. The summed E-state index contributed by atoms with van der Waals surface area (Å²) in [4.78, 5) is 11.2. The van der Waals surface area contributed by atoms with Crippen LogP contribution in [-0.4, -0.2) is 10.9 Å². The Morgan fingerprint density at radius 1 is 1.19 bits per heavy atom. The fourth-order valence-corrected chi connectivity index (χ4v) is 2.11. The van der Waals surface area contributed by atoms with Crippen LogP contribution in [0.25, 0.3) is 0 Å². The third-order valence-corrected chi connectivity index (χ3v) is 3.08. The number of ketones is 1. The van der Waals surface area contributed by atoms with E-state index in [0.29, 0.717) is 5.76 Å². The van der Waals surface area contributed by atoms with E-state index in [4.69, 9.17) is 0 Å². The van der Waals surface area contributed by atoms with E-state index in [9.17, 15) is 9.90 Å². The molecule has 0 aromatic carbocycles. The third kappa shape index (κ3) is 2.16. The molecule has 0 fully saturated rings. The molecule has 84 valence electrons. The van der Waals surface area contributed by atoms with Gasteiger partial charge in [0, 0.05) is 5.57 Å². The maximum atomic E-state index is 11.2. The number of hydrogen-bond donors (Lipinski definition) is 1. The van der Waals surface area contributed by atoms with Gasteiger partial charge in [0.25, 0.3) is 0 Å². The molecule has 16 heavy (non-hydrogen) atoms. The molecule has 0 aromatic rings. The number of carbonyl (C=O) groups is 1. The third-order valence-electron chi connectivity index (χ3n) is 3.08. The van der Waals surface area contributed by atoms with Gasteiger partial charge in [0.15, 0.2) is 5.78 Å². The van der Waals surface area contributed by atoms with Crippen molar-refractivity contribution in [1.82, 2.24) is 0 Å². The molecule has 0 aromatic heterocycles. The Balaban J connectivity index is 2.22. The van der Waals surface area contributed by atoms with Crippen LogP contribution in [0.1, 0.15) is 32.6 Å². The maximum absolute atomic E-state index is 11.2. The van der Waals surface area contributed by atoms with Gasteiger partial charge in [0.05, 0.1) is 0 Å². The molecule has 0 heterocycles. The second-order valence-electron chi connectivity index (χ2n) is 4.22. The molecule has 1 N–H and O–H groups in total. The van der Waals surface area contributed by atoms with E-state index < -0.39 is 0 Å². The Morgan fingerprint density at radius 2 is 1.94 bits per heavy atom. The van der Waals surface area contributed by atoms with Crippen LogP contribution in [0.4, 0.5) is 0 Å². The van der Waals surface area contributed by atoms with Gasteiger partial charge in [-0.25, -0.2) is 0 Å². The lowest BCUT2D eigenvalue weighted by Gasteiger charge is -2.18. The average molecular weight is 216 g/mol. The molecule has 2 aliphatic rings. The number of rotatable bonds is 2. The predicted molar refractivity (Wildman–Crippen MR) is 64.1 cm³/mol. The smallest absolute Gasteiger partial charge is 0.155 e. The van der Waals surface area contributed by atoms with Crippen molar-refractivity contribution < 1.29 is 9.90 Å². The van der Waals surface area contributed by atoms with Crippen molar-refractivity contribution in [2.45, 2.75) is 32.6 Å². The summed E-state index contributed by atoms with van der Waals surface area (Å²) >= 11 is 0. The van der Waals surface area contributed by atoms with Crippen molar-refractivity contribution in [2.75, 3.05) is 0 Å². The monoisotopic (exact) mass is 216 g/mol. The van der Waals surface area contributed by atoms with Gasteiger partial charge in [-0.15, -0.1) is 0 Å². The van der Waals surface area contributed by atoms with Crippen molar-refractivity contribution in [2.24, 2.45) is 0 Å². The van der Waals surface area contributed by atoms with Crippen LogP contribution in [-0.2, 0) is 4.79 Å². The van der Waals surface area contributed by atoms with Gasteiger partial charge in [-0.3, -0.25) is 4.79 Å². The summed E-state index contributed by atoms with van der Waals surface area (Å²) in [7, 11) is 0. The van der Waals surface area contributed by atoms with E-state index >= 15 is 0 Å². The van der Waals surface area contributed by atoms with E-state index in [-0.39, 0.29) is 5.78 Å². The quantitative estimate of drug-likeness (QED) is 0.768. The number of allylic oxidation sites excluding steroid dienone is 6. The number of aliphatic hydroxyl groups is 1. The zero-order valence-electron chi connectivity index (χ0n) is 9.49. The predicted octanol–water partition coefficient (Wildman–Crippen LogP) is 3.38. The molecular weight excluding hydrogens is 200 g/mol. The van der Waals surface area contributed by atoms with E-state index in [1.807, 2.05) is 18.2 Å². The van der Waals surface area contributed by atoms with Gasteiger partial charge in [-0.1, -0.05) is 18.2 Å². The standard InChI is InChI=1S/C14H16O2/c1-10(15)11-6-8-12(9-7-11)13-4-2-3-5-14(13)16/h4-6,8,16H,2-3,7,9H2,1H3. The highest BCUT2D eigenvalue weighted by Gasteiger charge is 2.16. The zero-order chi connectivity index (χ0) is 11.5. The summed E-state index contributed by atoms with van der Waals surface area (Å²) in [6, 6.07) is 0. The Hall–Kier alpha value is -1.57. The summed E-state index contributed by atoms with van der Waals surface area (Å²) in [5.41, 5.74) is 2.96. The maximum Gasteiger partial charge on any atom is 0.155 e. The molecule has 0 amide bonds. The number of carbonyl (C=O) groups excluding carboxylic acids is 1. The SMILES string of the molecule is CC(=O)C1=CC=C(C2=CCCC=C2O)CC1. The van der Waals surface area contributed by atoms with Crippen molar-refractivity contribution in [3.8, 4) is 0 Å². The molecule has 0 saturated heterocycles. The van der Waals surface area contributed by atoms with Crippen LogP contribution in [0.3, 0.4) is 0 Å². The topological polar surface area (TPSA) is 37.3 Å². The molecule has 2 heteroatoms. The van der Waals surface area contributed by atoms with Crippen molar-refractivity contribution >= 4 is 5.78 Å². The summed E-state index contributed by atoms with van der Waals surface area (Å²) in [6.07, 6.45) is 11.3. The summed E-state index contributed by atoms with van der Waals surface area (Å²) in [5.74, 6) is 0.532. The van der Waals surface area contributed by atoms with Gasteiger partial charge in [-0.2, -0.15) is 0 Å². The summed E-state index contributed by atoms with van der Waals surface area (Å²) in [6.45, 7) is 1.60. The van der Waals surface area contributed by atoms with Gasteiger partial charge in [0.1, 0.15) is 5.76 Å².